The van der Waals surface area contributed by atoms with Crippen LogP contribution >= 0.6 is 0 Å². The first-order chi connectivity index (χ1) is 6.62. The molecule has 1 unspecified atom stereocenters. The van der Waals surface area contributed by atoms with Gasteiger partial charge in [-0.05, 0) is 26.7 Å². The van der Waals surface area contributed by atoms with Crippen molar-refractivity contribution in [3.8, 4) is 0 Å². The van der Waals surface area contributed by atoms with Crippen LogP contribution in [0.5, 0.6) is 0 Å². The molecule has 0 aliphatic carbocycles. The smallest absolute Gasteiger partial charge is 0.389 e. The Balaban J connectivity index is 2.51. The molecule has 0 aromatic heterocycles. The molecule has 15 heavy (non-hydrogen) atoms. The molecule has 0 aromatic rings. The molecule has 0 bridgehead atoms. The summed E-state index contributed by atoms with van der Waals surface area (Å²) in [5.74, 6) is 0. The highest BCUT2D eigenvalue weighted by Crippen LogP contribution is 2.37. The Morgan fingerprint density at radius 2 is 1.93 bits per heavy atom. The summed E-state index contributed by atoms with van der Waals surface area (Å²) in [6.45, 7) is 3.89. The Labute approximate surface area is 87.4 Å². The van der Waals surface area contributed by atoms with E-state index in [1.807, 2.05) is 0 Å². The highest BCUT2D eigenvalue weighted by Gasteiger charge is 2.41. The van der Waals surface area contributed by atoms with Crippen LogP contribution in [0, 0.1) is 0 Å². The van der Waals surface area contributed by atoms with Crippen molar-refractivity contribution in [2.24, 2.45) is 0 Å². The van der Waals surface area contributed by atoms with E-state index in [0.717, 1.165) is 0 Å². The molecule has 2 nitrogen and oxygen atoms in total. The maximum absolute atomic E-state index is 12.0. The number of rotatable bonds is 2. The van der Waals surface area contributed by atoms with Crippen molar-refractivity contribution in [2.75, 3.05) is 6.61 Å². The molecule has 1 saturated heterocycles. The minimum Gasteiger partial charge on any atom is -0.390 e. The summed E-state index contributed by atoms with van der Waals surface area (Å²) in [5, 5.41) is 9.99. The highest BCUT2D eigenvalue weighted by molar-refractivity contribution is 4.90. The minimum atomic E-state index is -4.20. The van der Waals surface area contributed by atoms with Crippen LogP contribution in [0.25, 0.3) is 0 Å². The molecule has 0 saturated carbocycles. The molecule has 0 spiro atoms. The average Bonchev–Trinajstić information content (AvgIpc) is 1.97. The summed E-state index contributed by atoms with van der Waals surface area (Å²) in [5.41, 5.74) is -1.75. The van der Waals surface area contributed by atoms with Crippen LogP contribution in [0.1, 0.15) is 39.5 Å². The fourth-order valence-electron chi connectivity index (χ4n) is 2.04. The molecule has 0 radical (unpaired) electrons. The van der Waals surface area contributed by atoms with E-state index in [2.05, 4.69) is 0 Å². The molecule has 1 rings (SSSR count). The quantitative estimate of drug-likeness (QED) is 0.784. The molecule has 1 atom stereocenters. The van der Waals surface area contributed by atoms with Gasteiger partial charge in [0.05, 0.1) is 17.8 Å². The molecule has 0 amide bonds. The second-order valence-electron chi connectivity index (χ2n) is 4.87. The average molecular weight is 226 g/mol. The van der Waals surface area contributed by atoms with Crippen LogP contribution in [0.15, 0.2) is 0 Å². The third-order valence-electron chi connectivity index (χ3n) is 2.69. The van der Waals surface area contributed by atoms with Crippen molar-refractivity contribution in [3.05, 3.63) is 0 Å². The number of hydrogen-bond donors (Lipinski definition) is 1. The van der Waals surface area contributed by atoms with Gasteiger partial charge >= 0.3 is 6.18 Å². The van der Waals surface area contributed by atoms with E-state index in [1.54, 1.807) is 13.8 Å². The Kier molecular flexibility index (Phi) is 3.36. The zero-order valence-corrected chi connectivity index (χ0v) is 9.02. The summed E-state index contributed by atoms with van der Waals surface area (Å²) < 4.78 is 41.4. The predicted octanol–water partition coefficient (Wildman–Crippen LogP) is 2.65. The normalized spacial score (nSPS) is 31.6. The molecule has 90 valence electrons. The SMILES string of the molecule is CC1(C)CC(O)(CCC(F)(F)F)CCO1. The number of aliphatic hydroxyl groups is 1. The Morgan fingerprint density at radius 1 is 1.33 bits per heavy atom. The molecular formula is C10H17F3O2. The van der Waals surface area contributed by atoms with E-state index in [-0.39, 0.29) is 19.3 Å². The van der Waals surface area contributed by atoms with Crippen LogP contribution in [-0.4, -0.2) is 29.1 Å². The van der Waals surface area contributed by atoms with Gasteiger partial charge in [0.25, 0.3) is 0 Å². The van der Waals surface area contributed by atoms with Crippen molar-refractivity contribution >= 4 is 0 Å². The van der Waals surface area contributed by atoms with Crippen molar-refractivity contribution in [2.45, 2.75) is 56.9 Å². The lowest BCUT2D eigenvalue weighted by Crippen LogP contribution is -2.46. The molecule has 0 aromatic carbocycles. The second-order valence-corrected chi connectivity index (χ2v) is 4.87. The molecular weight excluding hydrogens is 209 g/mol. The zero-order valence-electron chi connectivity index (χ0n) is 9.02. The van der Waals surface area contributed by atoms with Gasteiger partial charge in [-0.1, -0.05) is 0 Å². The Hall–Kier alpha value is -0.290. The van der Waals surface area contributed by atoms with Crippen molar-refractivity contribution < 1.29 is 23.0 Å². The van der Waals surface area contributed by atoms with Gasteiger partial charge in [0.2, 0.25) is 0 Å². The summed E-state index contributed by atoms with van der Waals surface area (Å²) in [6.07, 6.45) is -4.82. The van der Waals surface area contributed by atoms with Crippen LogP contribution in [0.2, 0.25) is 0 Å². The number of halogens is 3. The predicted molar refractivity (Wildman–Crippen MR) is 49.5 cm³/mol. The third kappa shape index (κ3) is 4.38. The van der Waals surface area contributed by atoms with Gasteiger partial charge in [0.15, 0.2) is 0 Å². The topological polar surface area (TPSA) is 29.5 Å². The summed E-state index contributed by atoms with van der Waals surface area (Å²) in [4.78, 5) is 0. The van der Waals surface area contributed by atoms with E-state index in [1.165, 1.54) is 0 Å². The van der Waals surface area contributed by atoms with Gasteiger partial charge in [-0.15, -0.1) is 0 Å². The molecule has 1 N–H and O–H groups in total. The van der Waals surface area contributed by atoms with E-state index in [9.17, 15) is 18.3 Å². The molecule has 1 aliphatic rings. The number of alkyl halides is 3. The van der Waals surface area contributed by atoms with E-state index in [4.69, 9.17) is 4.74 Å². The summed E-state index contributed by atoms with van der Waals surface area (Å²) >= 11 is 0. The lowest BCUT2D eigenvalue weighted by Gasteiger charge is -2.41. The van der Waals surface area contributed by atoms with Crippen molar-refractivity contribution in [3.63, 3.8) is 0 Å². The fraction of sp³-hybridized carbons (Fsp3) is 1.00. The van der Waals surface area contributed by atoms with Crippen molar-refractivity contribution in [1.82, 2.24) is 0 Å². The van der Waals surface area contributed by atoms with Gasteiger partial charge < -0.3 is 9.84 Å². The first kappa shape index (κ1) is 12.8. The van der Waals surface area contributed by atoms with Crippen LogP contribution in [0.4, 0.5) is 13.2 Å². The molecule has 5 heteroatoms. The van der Waals surface area contributed by atoms with Gasteiger partial charge in [-0.25, -0.2) is 0 Å². The minimum absolute atomic E-state index is 0.233. The lowest BCUT2D eigenvalue weighted by molar-refractivity contribution is -0.175. The zero-order chi connectivity index (χ0) is 11.7. The second kappa shape index (κ2) is 3.94. The van der Waals surface area contributed by atoms with Crippen LogP contribution < -0.4 is 0 Å². The van der Waals surface area contributed by atoms with Gasteiger partial charge in [-0.3, -0.25) is 0 Å². The maximum atomic E-state index is 12.0. The van der Waals surface area contributed by atoms with Gasteiger partial charge in [0, 0.05) is 12.8 Å². The van der Waals surface area contributed by atoms with Gasteiger partial charge in [-0.2, -0.15) is 13.2 Å². The van der Waals surface area contributed by atoms with E-state index in [0.29, 0.717) is 6.61 Å². The largest absolute Gasteiger partial charge is 0.390 e. The van der Waals surface area contributed by atoms with Gasteiger partial charge in [0.1, 0.15) is 0 Å². The Bertz CT molecular complexity index is 225. The number of ether oxygens (including phenoxy) is 1. The van der Waals surface area contributed by atoms with Crippen molar-refractivity contribution in [1.29, 1.82) is 0 Å². The maximum Gasteiger partial charge on any atom is 0.389 e. The third-order valence-corrected chi connectivity index (χ3v) is 2.69. The van der Waals surface area contributed by atoms with E-state index < -0.39 is 23.8 Å². The monoisotopic (exact) mass is 226 g/mol. The Morgan fingerprint density at radius 3 is 2.40 bits per heavy atom. The highest BCUT2D eigenvalue weighted by atomic mass is 19.4. The molecule has 1 fully saturated rings. The van der Waals surface area contributed by atoms with E-state index >= 15 is 0 Å². The first-order valence-electron chi connectivity index (χ1n) is 5.05. The molecule has 1 aliphatic heterocycles. The number of hydrogen-bond acceptors (Lipinski definition) is 2. The summed E-state index contributed by atoms with van der Waals surface area (Å²) in [7, 11) is 0. The lowest BCUT2D eigenvalue weighted by atomic mass is 9.81. The fourth-order valence-corrected chi connectivity index (χ4v) is 2.04. The first-order valence-corrected chi connectivity index (χ1v) is 5.05. The molecule has 1 heterocycles. The van der Waals surface area contributed by atoms with Crippen LogP contribution in [0.3, 0.4) is 0 Å². The standard InChI is InChI=1S/C10H17F3O2/c1-8(2)7-9(14,5-6-15-8)3-4-10(11,12)13/h14H,3-7H2,1-2H3. The summed E-state index contributed by atoms with van der Waals surface area (Å²) in [6, 6.07) is 0. The van der Waals surface area contributed by atoms with Crippen LogP contribution in [-0.2, 0) is 4.74 Å².